The summed E-state index contributed by atoms with van der Waals surface area (Å²) in [5, 5.41) is 2.73. The Bertz CT molecular complexity index is 647. The third-order valence-corrected chi connectivity index (χ3v) is 2.69. The molecule has 19 heavy (non-hydrogen) atoms. The molecule has 0 aliphatic carbocycles. The Hall–Kier alpha value is -2.43. The molecular weight excluding hydrogens is 242 g/mol. The summed E-state index contributed by atoms with van der Waals surface area (Å²) in [5.74, 6) is 0.287. The molecule has 1 aromatic heterocycles. The Morgan fingerprint density at radius 1 is 1.26 bits per heavy atom. The minimum absolute atomic E-state index is 0.0349. The van der Waals surface area contributed by atoms with E-state index in [0.717, 1.165) is 0 Å². The number of nitrogens with one attached hydrogen (secondary N) is 1. The van der Waals surface area contributed by atoms with Gasteiger partial charge < -0.3 is 5.32 Å². The number of para-hydroxylation sites is 1. The molecule has 1 N–H and O–H groups in total. The number of hydrogen-bond acceptors (Lipinski definition) is 3. The molecule has 0 radical (unpaired) electrons. The van der Waals surface area contributed by atoms with E-state index in [9.17, 15) is 9.59 Å². The number of amides is 1. The Balaban J connectivity index is 2.14. The SMILES string of the molecule is Cc1cc(=O)n(CC(=O)Nc2ccccc2)c(C)n1. The fraction of sp³-hybridized carbons (Fsp3) is 0.214. The predicted octanol–water partition coefficient (Wildman–Crippen LogP) is 1.50. The van der Waals surface area contributed by atoms with Crippen LogP contribution < -0.4 is 10.9 Å². The maximum atomic E-state index is 11.9. The lowest BCUT2D eigenvalue weighted by molar-refractivity contribution is -0.116. The summed E-state index contributed by atoms with van der Waals surface area (Å²) in [6.07, 6.45) is 0. The van der Waals surface area contributed by atoms with Gasteiger partial charge in [0.25, 0.3) is 5.56 Å². The van der Waals surface area contributed by atoms with Crippen molar-refractivity contribution in [2.45, 2.75) is 20.4 Å². The van der Waals surface area contributed by atoms with Crippen LogP contribution in [-0.4, -0.2) is 15.5 Å². The summed E-state index contributed by atoms with van der Waals surface area (Å²) in [5.41, 5.74) is 1.15. The molecule has 98 valence electrons. The molecule has 2 aromatic rings. The average molecular weight is 257 g/mol. The van der Waals surface area contributed by atoms with Gasteiger partial charge >= 0.3 is 0 Å². The average Bonchev–Trinajstić information content (AvgIpc) is 2.35. The van der Waals surface area contributed by atoms with Crippen molar-refractivity contribution in [3.8, 4) is 0 Å². The number of rotatable bonds is 3. The summed E-state index contributed by atoms with van der Waals surface area (Å²) < 4.78 is 1.35. The van der Waals surface area contributed by atoms with Crippen LogP contribution in [0, 0.1) is 13.8 Å². The van der Waals surface area contributed by atoms with Gasteiger partial charge in [0.05, 0.1) is 0 Å². The van der Waals surface area contributed by atoms with Crippen molar-refractivity contribution >= 4 is 11.6 Å². The van der Waals surface area contributed by atoms with Crippen LogP contribution in [0.15, 0.2) is 41.2 Å². The number of aryl methyl sites for hydroxylation is 2. The first-order valence-electron chi connectivity index (χ1n) is 5.96. The van der Waals surface area contributed by atoms with E-state index < -0.39 is 0 Å². The summed E-state index contributed by atoms with van der Waals surface area (Å²) in [6, 6.07) is 10.5. The molecule has 1 amide bonds. The van der Waals surface area contributed by atoms with Gasteiger partial charge in [-0.1, -0.05) is 18.2 Å². The van der Waals surface area contributed by atoms with Crippen molar-refractivity contribution in [1.29, 1.82) is 0 Å². The molecule has 5 heteroatoms. The summed E-state index contributed by atoms with van der Waals surface area (Å²) >= 11 is 0. The molecule has 0 unspecified atom stereocenters. The quantitative estimate of drug-likeness (QED) is 0.906. The molecule has 5 nitrogen and oxygen atoms in total. The van der Waals surface area contributed by atoms with E-state index in [0.29, 0.717) is 17.2 Å². The molecule has 0 fully saturated rings. The Kier molecular flexibility index (Phi) is 3.75. The topological polar surface area (TPSA) is 64.0 Å². The van der Waals surface area contributed by atoms with Crippen LogP contribution in [0.4, 0.5) is 5.69 Å². The lowest BCUT2D eigenvalue weighted by atomic mass is 10.3. The van der Waals surface area contributed by atoms with Gasteiger partial charge in [0, 0.05) is 17.4 Å². The van der Waals surface area contributed by atoms with Crippen molar-refractivity contribution in [2.24, 2.45) is 0 Å². The van der Waals surface area contributed by atoms with Crippen LogP contribution in [0.5, 0.6) is 0 Å². The van der Waals surface area contributed by atoms with Crippen molar-refractivity contribution in [3.63, 3.8) is 0 Å². The van der Waals surface area contributed by atoms with Gasteiger partial charge in [0.15, 0.2) is 0 Å². The Morgan fingerprint density at radius 2 is 1.95 bits per heavy atom. The van der Waals surface area contributed by atoms with Gasteiger partial charge in [-0.25, -0.2) is 4.98 Å². The van der Waals surface area contributed by atoms with Gasteiger partial charge in [0.2, 0.25) is 5.91 Å². The zero-order valence-corrected chi connectivity index (χ0v) is 10.9. The van der Waals surface area contributed by atoms with Gasteiger partial charge in [-0.15, -0.1) is 0 Å². The minimum Gasteiger partial charge on any atom is -0.325 e. The van der Waals surface area contributed by atoms with Crippen LogP contribution in [0.2, 0.25) is 0 Å². The monoisotopic (exact) mass is 257 g/mol. The largest absolute Gasteiger partial charge is 0.325 e. The number of anilines is 1. The van der Waals surface area contributed by atoms with E-state index in [1.54, 1.807) is 26.0 Å². The van der Waals surface area contributed by atoms with Gasteiger partial charge in [-0.3, -0.25) is 14.2 Å². The van der Waals surface area contributed by atoms with Crippen LogP contribution >= 0.6 is 0 Å². The first-order chi connectivity index (χ1) is 9.06. The van der Waals surface area contributed by atoms with E-state index in [1.165, 1.54) is 10.6 Å². The molecule has 0 aliphatic rings. The summed E-state index contributed by atoms with van der Waals surface area (Å²) in [6.45, 7) is 3.43. The highest BCUT2D eigenvalue weighted by molar-refractivity contribution is 5.90. The molecule has 0 saturated carbocycles. The molecule has 1 aromatic carbocycles. The Labute approximate surface area is 110 Å². The highest BCUT2D eigenvalue weighted by atomic mass is 16.2. The molecule has 0 bridgehead atoms. The zero-order chi connectivity index (χ0) is 13.8. The smallest absolute Gasteiger partial charge is 0.254 e. The first kappa shape index (κ1) is 13.0. The second-order valence-corrected chi connectivity index (χ2v) is 4.28. The van der Waals surface area contributed by atoms with Crippen LogP contribution in [0.3, 0.4) is 0 Å². The van der Waals surface area contributed by atoms with E-state index in [4.69, 9.17) is 0 Å². The first-order valence-corrected chi connectivity index (χ1v) is 5.96. The predicted molar refractivity (Wildman–Crippen MR) is 73.0 cm³/mol. The lowest BCUT2D eigenvalue weighted by Crippen LogP contribution is -2.29. The normalized spacial score (nSPS) is 10.2. The van der Waals surface area contributed by atoms with Gasteiger partial charge in [-0.05, 0) is 26.0 Å². The van der Waals surface area contributed by atoms with Crippen molar-refractivity contribution < 1.29 is 4.79 Å². The molecular formula is C14H15N3O2. The summed E-state index contributed by atoms with van der Waals surface area (Å²) in [7, 11) is 0. The van der Waals surface area contributed by atoms with Crippen molar-refractivity contribution in [2.75, 3.05) is 5.32 Å². The standard InChI is InChI=1S/C14H15N3O2/c1-10-8-14(19)17(11(2)15-10)9-13(18)16-12-6-4-3-5-7-12/h3-8H,9H2,1-2H3,(H,16,18). The second kappa shape index (κ2) is 5.48. The van der Waals surface area contributed by atoms with E-state index >= 15 is 0 Å². The molecule has 2 rings (SSSR count). The maximum absolute atomic E-state index is 11.9. The number of hydrogen-bond donors (Lipinski definition) is 1. The van der Waals surface area contributed by atoms with Gasteiger partial charge in [-0.2, -0.15) is 0 Å². The van der Waals surface area contributed by atoms with Crippen LogP contribution in [0.1, 0.15) is 11.5 Å². The van der Waals surface area contributed by atoms with E-state index in [2.05, 4.69) is 10.3 Å². The fourth-order valence-corrected chi connectivity index (χ4v) is 1.82. The lowest BCUT2D eigenvalue weighted by Gasteiger charge is -2.10. The molecule has 0 saturated heterocycles. The molecule has 0 atom stereocenters. The molecule has 1 heterocycles. The van der Waals surface area contributed by atoms with Crippen molar-refractivity contribution in [3.05, 3.63) is 58.3 Å². The number of carbonyl (C=O) groups excluding carboxylic acids is 1. The van der Waals surface area contributed by atoms with Crippen LogP contribution in [-0.2, 0) is 11.3 Å². The number of aromatic nitrogens is 2. The number of benzene rings is 1. The van der Waals surface area contributed by atoms with E-state index in [1.807, 2.05) is 18.2 Å². The fourth-order valence-electron chi connectivity index (χ4n) is 1.82. The third kappa shape index (κ3) is 3.28. The molecule has 0 spiro atoms. The number of carbonyl (C=O) groups is 1. The zero-order valence-electron chi connectivity index (χ0n) is 10.9. The van der Waals surface area contributed by atoms with Crippen LogP contribution in [0.25, 0.3) is 0 Å². The maximum Gasteiger partial charge on any atom is 0.254 e. The molecule has 0 aliphatic heterocycles. The van der Waals surface area contributed by atoms with E-state index in [-0.39, 0.29) is 18.0 Å². The highest BCUT2D eigenvalue weighted by Gasteiger charge is 2.08. The minimum atomic E-state index is -0.248. The second-order valence-electron chi connectivity index (χ2n) is 4.28. The van der Waals surface area contributed by atoms with Gasteiger partial charge in [0.1, 0.15) is 12.4 Å². The highest BCUT2D eigenvalue weighted by Crippen LogP contribution is 2.05. The summed E-state index contributed by atoms with van der Waals surface area (Å²) in [4.78, 5) is 27.8. The Morgan fingerprint density at radius 3 is 2.58 bits per heavy atom. The third-order valence-electron chi connectivity index (χ3n) is 2.69. The number of nitrogens with zero attached hydrogens (tertiary/aromatic N) is 2. The van der Waals surface area contributed by atoms with Crippen molar-refractivity contribution in [1.82, 2.24) is 9.55 Å².